The molecule has 2 heteroatoms. The fourth-order valence-electron chi connectivity index (χ4n) is 2.57. The topological polar surface area (TPSA) is 26.0 Å². The van der Waals surface area contributed by atoms with Gasteiger partial charge in [0, 0.05) is 6.04 Å². The summed E-state index contributed by atoms with van der Waals surface area (Å²) in [7, 11) is 0. The zero-order chi connectivity index (χ0) is 14.0. The monoisotopic (exact) mass is 303 g/mol. The van der Waals surface area contributed by atoms with Crippen LogP contribution in [0, 0.1) is 0 Å². The van der Waals surface area contributed by atoms with E-state index in [1.54, 1.807) is 0 Å². The lowest BCUT2D eigenvalue weighted by Crippen LogP contribution is -2.20. The molecule has 0 radical (unpaired) electrons. The van der Waals surface area contributed by atoms with Gasteiger partial charge >= 0.3 is 0 Å². The number of benzene rings is 2. The van der Waals surface area contributed by atoms with Crippen LogP contribution in [0.4, 0.5) is 0 Å². The summed E-state index contributed by atoms with van der Waals surface area (Å²) in [5.41, 5.74) is 9.04. The van der Waals surface area contributed by atoms with Crippen LogP contribution in [0.2, 0.25) is 0 Å². The van der Waals surface area contributed by atoms with Gasteiger partial charge in [-0.05, 0) is 49.7 Å². The first-order valence-corrected chi connectivity index (χ1v) is 7.68. The minimum absolute atomic E-state index is 0. The Morgan fingerprint density at radius 2 is 1.05 bits per heavy atom. The highest BCUT2D eigenvalue weighted by Gasteiger charge is 2.03. The first-order valence-electron chi connectivity index (χ1n) is 7.68. The third kappa shape index (κ3) is 7.31. The van der Waals surface area contributed by atoms with Gasteiger partial charge in [0.2, 0.25) is 0 Å². The van der Waals surface area contributed by atoms with Gasteiger partial charge in [-0.3, -0.25) is 0 Å². The van der Waals surface area contributed by atoms with Crippen molar-refractivity contribution in [3.05, 3.63) is 71.8 Å². The molecule has 2 aromatic rings. The van der Waals surface area contributed by atoms with Gasteiger partial charge in [-0.15, -0.1) is 12.4 Å². The van der Waals surface area contributed by atoms with Crippen molar-refractivity contribution >= 4 is 12.4 Å². The molecule has 0 aliphatic carbocycles. The zero-order valence-electron chi connectivity index (χ0n) is 12.6. The van der Waals surface area contributed by atoms with E-state index in [-0.39, 0.29) is 12.4 Å². The average Bonchev–Trinajstić information content (AvgIpc) is 2.49. The number of aryl methyl sites for hydroxylation is 2. The van der Waals surface area contributed by atoms with Crippen LogP contribution in [-0.2, 0) is 12.8 Å². The van der Waals surface area contributed by atoms with Crippen molar-refractivity contribution in [3.8, 4) is 0 Å². The van der Waals surface area contributed by atoms with Gasteiger partial charge in [-0.25, -0.2) is 0 Å². The van der Waals surface area contributed by atoms with Gasteiger partial charge in [0.1, 0.15) is 0 Å². The van der Waals surface area contributed by atoms with E-state index >= 15 is 0 Å². The maximum atomic E-state index is 6.20. The normalized spacial score (nSPS) is 10.4. The first-order chi connectivity index (χ1) is 9.84. The fourth-order valence-corrected chi connectivity index (χ4v) is 2.57. The van der Waals surface area contributed by atoms with E-state index < -0.39 is 0 Å². The lowest BCUT2D eigenvalue weighted by Gasteiger charge is -2.11. The minimum atomic E-state index is 0. The molecule has 1 nitrogen and oxygen atoms in total. The molecule has 0 aliphatic rings. The van der Waals surface area contributed by atoms with Crippen molar-refractivity contribution in [1.29, 1.82) is 0 Å². The van der Waals surface area contributed by atoms with E-state index in [0.29, 0.717) is 6.04 Å². The fraction of sp³-hybridized carbons (Fsp3) is 0.368. The molecule has 0 spiro atoms. The van der Waals surface area contributed by atoms with E-state index in [2.05, 4.69) is 60.7 Å². The predicted molar refractivity (Wildman–Crippen MR) is 94.0 cm³/mol. The molecule has 0 unspecified atom stereocenters. The predicted octanol–water partition coefficient (Wildman–Crippen LogP) is 4.78. The second kappa shape index (κ2) is 10.4. The smallest absolute Gasteiger partial charge is 0.00390 e. The largest absolute Gasteiger partial charge is 0.328 e. The molecule has 0 bridgehead atoms. The Morgan fingerprint density at radius 1 is 0.667 bits per heavy atom. The van der Waals surface area contributed by atoms with Crippen molar-refractivity contribution < 1.29 is 0 Å². The Hall–Kier alpha value is -1.31. The van der Waals surface area contributed by atoms with Gasteiger partial charge in [-0.2, -0.15) is 0 Å². The van der Waals surface area contributed by atoms with E-state index in [1.807, 2.05) is 0 Å². The summed E-state index contributed by atoms with van der Waals surface area (Å²) in [6.45, 7) is 0. The highest BCUT2D eigenvalue weighted by atomic mass is 35.5. The maximum absolute atomic E-state index is 6.20. The Kier molecular flexibility index (Phi) is 8.80. The van der Waals surface area contributed by atoms with Crippen molar-refractivity contribution in [2.75, 3.05) is 0 Å². The third-order valence-corrected chi connectivity index (χ3v) is 3.77. The van der Waals surface area contributed by atoms with Gasteiger partial charge in [0.25, 0.3) is 0 Å². The second-order valence-corrected chi connectivity index (χ2v) is 5.52. The van der Waals surface area contributed by atoms with Crippen LogP contribution in [0.15, 0.2) is 60.7 Å². The Bertz CT molecular complexity index is 424. The minimum Gasteiger partial charge on any atom is -0.328 e. The molecule has 0 saturated heterocycles. The molecule has 2 N–H and O–H groups in total. The molecular formula is C19H26ClN. The standard InChI is InChI=1S/C19H25N.ClH/c20-19(15-7-13-17-9-3-1-4-10-17)16-8-14-18-11-5-2-6-12-18;/h1-6,9-12,19H,7-8,13-16,20H2;1H. The SMILES string of the molecule is Cl.NC(CCCc1ccccc1)CCCc1ccccc1. The number of hydrogen-bond donors (Lipinski definition) is 1. The van der Waals surface area contributed by atoms with Crippen LogP contribution in [0.3, 0.4) is 0 Å². The molecule has 0 aromatic heterocycles. The Balaban J connectivity index is 0.00000220. The van der Waals surface area contributed by atoms with E-state index in [0.717, 1.165) is 25.7 Å². The summed E-state index contributed by atoms with van der Waals surface area (Å²) in [6.07, 6.45) is 6.93. The Labute approximate surface area is 135 Å². The quantitative estimate of drug-likeness (QED) is 0.746. The van der Waals surface area contributed by atoms with E-state index in [9.17, 15) is 0 Å². The number of rotatable bonds is 8. The highest BCUT2D eigenvalue weighted by molar-refractivity contribution is 5.85. The molecule has 0 saturated carbocycles. The molecule has 114 valence electrons. The summed E-state index contributed by atoms with van der Waals surface area (Å²) in [6, 6.07) is 21.7. The first kappa shape index (κ1) is 17.7. The van der Waals surface area contributed by atoms with E-state index in [4.69, 9.17) is 5.73 Å². The summed E-state index contributed by atoms with van der Waals surface area (Å²) < 4.78 is 0. The third-order valence-electron chi connectivity index (χ3n) is 3.77. The lowest BCUT2D eigenvalue weighted by molar-refractivity contribution is 0.527. The molecule has 0 amide bonds. The summed E-state index contributed by atoms with van der Waals surface area (Å²) in [4.78, 5) is 0. The molecule has 2 rings (SSSR count). The zero-order valence-corrected chi connectivity index (χ0v) is 13.4. The maximum Gasteiger partial charge on any atom is 0.00390 e. The molecule has 0 fully saturated rings. The van der Waals surface area contributed by atoms with Gasteiger partial charge < -0.3 is 5.73 Å². The van der Waals surface area contributed by atoms with Crippen molar-refractivity contribution in [3.63, 3.8) is 0 Å². The lowest BCUT2D eigenvalue weighted by atomic mass is 10.00. The van der Waals surface area contributed by atoms with Crippen molar-refractivity contribution in [2.45, 2.75) is 44.6 Å². The molecule has 2 aromatic carbocycles. The van der Waals surface area contributed by atoms with Crippen LogP contribution < -0.4 is 5.73 Å². The Morgan fingerprint density at radius 3 is 1.43 bits per heavy atom. The number of hydrogen-bond acceptors (Lipinski definition) is 1. The van der Waals surface area contributed by atoms with Crippen LogP contribution in [0.5, 0.6) is 0 Å². The molecule has 0 heterocycles. The van der Waals surface area contributed by atoms with Gasteiger partial charge in [0.05, 0.1) is 0 Å². The van der Waals surface area contributed by atoms with E-state index in [1.165, 1.54) is 24.0 Å². The number of halogens is 1. The summed E-state index contributed by atoms with van der Waals surface area (Å²) in [5.74, 6) is 0. The van der Waals surface area contributed by atoms with Crippen LogP contribution in [0.1, 0.15) is 36.8 Å². The molecular weight excluding hydrogens is 278 g/mol. The number of nitrogens with two attached hydrogens (primary N) is 1. The second-order valence-electron chi connectivity index (χ2n) is 5.52. The summed E-state index contributed by atoms with van der Waals surface area (Å²) in [5, 5.41) is 0. The average molecular weight is 304 g/mol. The van der Waals surface area contributed by atoms with Gasteiger partial charge in [-0.1, -0.05) is 60.7 Å². The van der Waals surface area contributed by atoms with Crippen LogP contribution in [-0.4, -0.2) is 6.04 Å². The van der Waals surface area contributed by atoms with Crippen molar-refractivity contribution in [2.24, 2.45) is 5.73 Å². The van der Waals surface area contributed by atoms with Crippen LogP contribution in [0.25, 0.3) is 0 Å². The van der Waals surface area contributed by atoms with Crippen molar-refractivity contribution in [1.82, 2.24) is 0 Å². The van der Waals surface area contributed by atoms with Crippen LogP contribution >= 0.6 is 12.4 Å². The molecule has 0 atom stereocenters. The highest BCUT2D eigenvalue weighted by Crippen LogP contribution is 2.10. The molecule has 21 heavy (non-hydrogen) atoms. The molecule has 0 aliphatic heterocycles. The summed E-state index contributed by atoms with van der Waals surface area (Å²) >= 11 is 0. The van der Waals surface area contributed by atoms with Gasteiger partial charge in [0.15, 0.2) is 0 Å².